The van der Waals surface area contributed by atoms with Crippen LogP contribution in [0.15, 0.2) is 60.8 Å². The van der Waals surface area contributed by atoms with Crippen LogP contribution in [-0.4, -0.2) is 107 Å². The first-order valence-electron chi connectivity index (χ1n) is 16.8. The molecule has 270 valence electrons. The summed E-state index contributed by atoms with van der Waals surface area (Å²) in [4.78, 5) is 40.2. The monoisotopic (exact) mass is 711 g/mol. The average molecular weight is 712 g/mol. The Kier molecular flexibility index (Phi) is 10.1. The SMILES string of the molecule is COc1ccc2nc(Oc3nc(On4c(C)cc5c(F)cccc54)c4cc(OC)c(OCCOCCN5CCN(C(C)=O)CC5)cc4n3)ncc2c1. The maximum absolute atomic E-state index is 14.7. The zero-order valence-electron chi connectivity index (χ0n) is 29.3. The Morgan fingerprint density at radius 3 is 2.46 bits per heavy atom. The lowest BCUT2D eigenvalue weighted by atomic mass is 10.2. The van der Waals surface area contributed by atoms with E-state index in [1.165, 1.54) is 17.9 Å². The molecule has 0 spiro atoms. The highest BCUT2D eigenvalue weighted by Crippen LogP contribution is 2.37. The van der Waals surface area contributed by atoms with Gasteiger partial charge in [-0.25, -0.2) is 9.37 Å². The quantitative estimate of drug-likeness (QED) is 0.146. The average Bonchev–Trinajstić information content (AvgIpc) is 3.48. The van der Waals surface area contributed by atoms with Gasteiger partial charge < -0.3 is 33.4 Å². The van der Waals surface area contributed by atoms with Gasteiger partial charge in [-0.05, 0) is 49.4 Å². The van der Waals surface area contributed by atoms with Crippen molar-refractivity contribution in [1.29, 1.82) is 0 Å². The predicted molar refractivity (Wildman–Crippen MR) is 190 cm³/mol. The highest BCUT2D eigenvalue weighted by Gasteiger charge is 2.21. The number of nitrogens with zero attached hydrogens (tertiary/aromatic N) is 7. The molecule has 0 saturated carbocycles. The van der Waals surface area contributed by atoms with Gasteiger partial charge in [0, 0.05) is 62.7 Å². The summed E-state index contributed by atoms with van der Waals surface area (Å²) in [5, 5.41) is 1.66. The number of carbonyl (C=O) groups is 1. The van der Waals surface area contributed by atoms with Crippen LogP contribution in [0.3, 0.4) is 0 Å². The molecule has 6 aromatic rings. The molecule has 1 aliphatic heterocycles. The lowest BCUT2D eigenvalue weighted by Crippen LogP contribution is -2.48. The van der Waals surface area contributed by atoms with Crippen LogP contribution < -0.4 is 23.8 Å². The molecule has 3 aromatic heterocycles. The molecule has 0 N–H and O–H groups in total. The maximum atomic E-state index is 14.7. The van der Waals surface area contributed by atoms with Crippen LogP contribution in [0.5, 0.6) is 35.1 Å². The van der Waals surface area contributed by atoms with Crippen molar-refractivity contribution in [3.63, 3.8) is 0 Å². The second-order valence-electron chi connectivity index (χ2n) is 12.2. The highest BCUT2D eigenvalue weighted by molar-refractivity contribution is 5.88. The summed E-state index contributed by atoms with van der Waals surface area (Å²) >= 11 is 0. The van der Waals surface area contributed by atoms with Gasteiger partial charge in [-0.1, -0.05) is 6.07 Å². The fourth-order valence-corrected chi connectivity index (χ4v) is 6.03. The molecule has 52 heavy (non-hydrogen) atoms. The molecule has 1 amide bonds. The molecule has 0 bridgehead atoms. The molecule has 0 aliphatic carbocycles. The second-order valence-corrected chi connectivity index (χ2v) is 12.2. The van der Waals surface area contributed by atoms with Gasteiger partial charge in [0.1, 0.15) is 18.2 Å². The van der Waals surface area contributed by atoms with E-state index in [4.69, 9.17) is 28.5 Å². The normalized spacial score (nSPS) is 13.5. The van der Waals surface area contributed by atoms with Gasteiger partial charge in [0.15, 0.2) is 11.5 Å². The molecule has 0 unspecified atom stereocenters. The largest absolute Gasteiger partial charge is 0.497 e. The molecule has 0 atom stereocenters. The zero-order valence-corrected chi connectivity index (χ0v) is 29.3. The Balaban J connectivity index is 1.13. The topological polar surface area (TPSA) is 135 Å². The van der Waals surface area contributed by atoms with Gasteiger partial charge in [0.05, 0.1) is 55.1 Å². The van der Waals surface area contributed by atoms with Crippen molar-refractivity contribution < 1.29 is 37.7 Å². The Labute approximate surface area is 298 Å². The van der Waals surface area contributed by atoms with E-state index in [2.05, 4.69) is 24.8 Å². The number of aryl methyl sites for hydroxylation is 1. The van der Waals surface area contributed by atoms with Crippen LogP contribution in [-0.2, 0) is 9.53 Å². The maximum Gasteiger partial charge on any atom is 0.328 e. The van der Waals surface area contributed by atoms with Crippen molar-refractivity contribution in [2.75, 3.05) is 66.8 Å². The number of benzene rings is 3. The van der Waals surface area contributed by atoms with E-state index in [0.29, 0.717) is 63.5 Å². The number of halogens is 1. The van der Waals surface area contributed by atoms with Crippen molar-refractivity contribution in [1.82, 2.24) is 34.5 Å². The van der Waals surface area contributed by atoms with Crippen LogP contribution >= 0.6 is 0 Å². The number of carbonyl (C=O) groups excluding carboxylic acids is 1. The molecule has 14 nitrogen and oxygen atoms in total. The van der Waals surface area contributed by atoms with Gasteiger partial charge in [-0.2, -0.15) is 19.7 Å². The van der Waals surface area contributed by atoms with Crippen molar-refractivity contribution >= 4 is 38.6 Å². The summed E-state index contributed by atoms with van der Waals surface area (Å²) in [7, 11) is 3.13. The molecular weight excluding hydrogens is 673 g/mol. The van der Waals surface area contributed by atoms with E-state index >= 15 is 0 Å². The number of rotatable bonds is 13. The molecule has 1 fully saturated rings. The zero-order chi connectivity index (χ0) is 36.2. The third-order valence-electron chi connectivity index (χ3n) is 8.83. The summed E-state index contributed by atoms with van der Waals surface area (Å²) in [5.41, 5.74) is 2.23. The molecule has 15 heteroatoms. The number of aromatic nitrogens is 5. The minimum absolute atomic E-state index is 0.0236. The first-order chi connectivity index (χ1) is 25.3. The molecule has 3 aromatic carbocycles. The van der Waals surface area contributed by atoms with Crippen molar-refractivity contribution in [3.05, 3.63) is 72.3 Å². The van der Waals surface area contributed by atoms with Gasteiger partial charge in [0.2, 0.25) is 5.91 Å². The molecule has 0 radical (unpaired) electrons. The number of fused-ring (bicyclic) bond motifs is 3. The summed E-state index contributed by atoms with van der Waals surface area (Å²) in [5.74, 6) is 1.38. The van der Waals surface area contributed by atoms with Crippen molar-refractivity contribution in [2.24, 2.45) is 0 Å². The minimum Gasteiger partial charge on any atom is -0.497 e. The van der Waals surface area contributed by atoms with Crippen LogP contribution in [0.1, 0.15) is 12.6 Å². The smallest absolute Gasteiger partial charge is 0.328 e. The van der Waals surface area contributed by atoms with E-state index in [9.17, 15) is 9.18 Å². The van der Waals surface area contributed by atoms with Crippen molar-refractivity contribution in [3.8, 4) is 35.1 Å². The summed E-state index contributed by atoms with van der Waals surface area (Å²) in [6.07, 6.45) is 1.62. The van der Waals surface area contributed by atoms with E-state index < -0.39 is 0 Å². The third kappa shape index (κ3) is 7.45. The number of piperazine rings is 1. The van der Waals surface area contributed by atoms with Gasteiger partial charge in [0.25, 0.3) is 5.88 Å². The van der Waals surface area contributed by atoms with E-state index in [-0.39, 0.29) is 36.2 Å². The van der Waals surface area contributed by atoms with Gasteiger partial charge >= 0.3 is 12.0 Å². The third-order valence-corrected chi connectivity index (χ3v) is 8.83. The Hall–Kier alpha value is -5.80. The fraction of sp³-hybridized carbons (Fsp3) is 0.324. The van der Waals surface area contributed by atoms with Crippen LogP contribution in [0.4, 0.5) is 4.39 Å². The number of hydrogen-bond donors (Lipinski definition) is 0. The number of methoxy groups -OCH3 is 2. The molecular formula is C37H38FN7O7. The van der Waals surface area contributed by atoms with Crippen molar-refractivity contribution in [2.45, 2.75) is 13.8 Å². The Morgan fingerprint density at radius 1 is 0.846 bits per heavy atom. The molecule has 7 rings (SSSR count). The first-order valence-corrected chi connectivity index (χ1v) is 16.8. The standard InChI is InChI=1S/C37H38FN7O7/c1-23-18-27-29(38)6-5-7-32(27)45(23)52-35-28-20-33(48-4)34(50-17-16-49-15-14-43-10-12-44(13-11-43)24(2)46)21-31(28)41-37(42-35)51-36-39-22-25-19-26(47-3)8-9-30(25)40-36/h5-9,18-22H,10-17H2,1-4H3. The second kappa shape index (κ2) is 15.2. The van der Waals surface area contributed by atoms with E-state index in [0.717, 1.165) is 38.1 Å². The number of amides is 1. The lowest BCUT2D eigenvalue weighted by Gasteiger charge is -2.34. The summed E-state index contributed by atoms with van der Waals surface area (Å²) < 4.78 is 45.1. The van der Waals surface area contributed by atoms with Gasteiger partial charge in [-0.3, -0.25) is 9.69 Å². The molecule has 1 aliphatic rings. The fourth-order valence-electron chi connectivity index (χ4n) is 6.03. The van der Waals surface area contributed by atoms with E-state index in [1.54, 1.807) is 69.6 Å². The van der Waals surface area contributed by atoms with Crippen LogP contribution in [0, 0.1) is 12.7 Å². The summed E-state index contributed by atoms with van der Waals surface area (Å²) in [6, 6.07) is 15.2. The van der Waals surface area contributed by atoms with E-state index in [1.807, 2.05) is 11.0 Å². The Morgan fingerprint density at radius 2 is 1.67 bits per heavy atom. The van der Waals surface area contributed by atoms with Crippen LogP contribution in [0.2, 0.25) is 0 Å². The lowest BCUT2D eigenvalue weighted by molar-refractivity contribution is -0.130. The predicted octanol–water partition coefficient (Wildman–Crippen LogP) is 5.19. The Bertz CT molecular complexity index is 2240. The molecule has 1 saturated heterocycles. The number of ether oxygens (including phenoxy) is 5. The van der Waals surface area contributed by atoms with Crippen LogP contribution in [0.25, 0.3) is 32.7 Å². The van der Waals surface area contributed by atoms with Gasteiger partial charge in [-0.15, -0.1) is 0 Å². The summed E-state index contributed by atoms with van der Waals surface area (Å²) in [6.45, 7) is 8.43. The highest BCUT2D eigenvalue weighted by atomic mass is 19.1. The number of hydrogen-bond acceptors (Lipinski definition) is 12. The minimum atomic E-state index is -0.370. The first kappa shape index (κ1) is 34.6. The molecule has 4 heterocycles.